The predicted molar refractivity (Wildman–Crippen MR) is 71.6 cm³/mol. The Kier molecular flexibility index (Phi) is 5.75. The Morgan fingerprint density at radius 1 is 1.50 bits per heavy atom. The van der Waals surface area contributed by atoms with Crippen LogP contribution in [0.25, 0.3) is 0 Å². The molecule has 6 nitrogen and oxygen atoms in total. The summed E-state index contributed by atoms with van der Waals surface area (Å²) in [6, 6.07) is 2.07. The number of esters is 1. The number of carbonyl (C=O) groups is 1. The zero-order chi connectivity index (χ0) is 15.3. The molecule has 0 aliphatic carbocycles. The first-order chi connectivity index (χ1) is 9.38. The van der Waals surface area contributed by atoms with Gasteiger partial charge in [0.1, 0.15) is 0 Å². The van der Waals surface area contributed by atoms with Gasteiger partial charge in [-0.05, 0) is 0 Å². The highest BCUT2D eigenvalue weighted by Gasteiger charge is 2.22. The molecule has 0 aromatic heterocycles. The van der Waals surface area contributed by atoms with Crippen LogP contribution in [0.3, 0.4) is 0 Å². The third-order valence-electron chi connectivity index (χ3n) is 2.44. The molecule has 0 saturated heterocycles. The number of nitrogens with zero attached hydrogens (tertiary/aromatic N) is 1. The van der Waals surface area contributed by atoms with E-state index in [0.29, 0.717) is 0 Å². The number of hydrogen-bond acceptors (Lipinski definition) is 6. The maximum Gasteiger partial charge on any atom is 0.306 e. The molecule has 20 heavy (non-hydrogen) atoms. The van der Waals surface area contributed by atoms with Crippen molar-refractivity contribution >= 4 is 23.4 Å². The normalized spacial score (nSPS) is 11.8. The fourth-order valence-corrected chi connectivity index (χ4v) is 2.58. The molecule has 1 unspecified atom stereocenters. The molecule has 0 aliphatic rings. The molecule has 0 spiro atoms. The van der Waals surface area contributed by atoms with Crippen molar-refractivity contribution in [1.29, 1.82) is 0 Å². The number of halogens is 1. The Morgan fingerprint density at radius 3 is 2.65 bits per heavy atom. The molecule has 0 radical (unpaired) electrons. The van der Waals surface area contributed by atoms with E-state index >= 15 is 0 Å². The van der Waals surface area contributed by atoms with Crippen molar-refractivity contribution in [2.45, 2.75) is 23.5 Å². The monoisotopic (exact) mass is 303 g/mol. The first-order valence-corrected chi connectivity index (χ1v) is 6.52. The molecule has 0 heterocycles. The molecule has 0 amide bonds. The highest BCUT2D eigenvalue weighted by Crippen LogP contribution is 2.37. The van der Waals surface area contributed by atoms with E-state index < -0.39 is 16.7 Å². The van der Waals surface area contributed by atoms with Crippen LogP contribution in [0.5, 0.6) is 5.75 Å². The van der Waals surface area contributed by atoms with E-state index in [1.54, 1.807) is 6.92 Å². The van der Waals surface area contributed by atoms with Gasteiger partial charge in [0.2, 0.25) is 0 Å². The van der Waals surface area contributed by atoms with Crippen LogP contribution in [-0.2, 0) is 9.53 Å². The third kappa shape index (κ3) is 4.09. The molecule has 0 aliphatic heterocycles. The highest BCUT2D eigenvalue weighted by molar-refractivity contribution is 8.00. The predicted octanol–water partition coefficient (Wildman–Crippen LogP) is 2.79. The minimum Gasteiger partial charge on any atom is -0.494 e. The average Bonchev–Trinajstić information content (AvgIpc) is 2.39. The van der Waals surface area contributed by atoms with Gasteiger partial charge >= 0.3 is 5.97 Å². The Labute approximate surface area is 119 Å². The van der Waals surface area contributed by atoms with Gasteiger partial charge in [0.05, 0.1) is 36.5 Å². The molecule has 0 bridgehead atoms. The molecule has 1 rings (SSSR count). The quantitative estimate of drug-likeness (QED) is 0.348. The number of rotatable bonds is 6. The van der Waals surface area contributed by atoms with Crippen LogP contribution in [0, 0.1) is 15.9 Å². The van der Waals surface area contributed by atoms with Crippen molar-refractivity contribution in [3.8, 4) is 5.75 Å². The number of carbonyl (C=O) groups excluding carboxylic acids is 1. The van der Waals surface area contributed by atoms with Crippen LogP contribution in [0.2, 0.25) is 0 Å². The van der Waals surface area contributed by atoms with Gasteiger partial charge < -0.3 is 9.47 Å². The highest BCUT2D eigenvalue weighted by atomic mass is 32.2. The van der Waals surface area contributed by atoms with Crippen LogP contribution in [0.4, 0.5) is 10.1 Å². The first kappa shape index (κ1) is 16.2. The number of thioether (sulfide) groups is 1. The Balaban J connectivity index is 3.03. The number of ether oxygens (including phenoxy) is 2. The van der Waals surface area contributed by atoms with Gasteiger partial charge in [-0.3, -0.25) is 14.9 Å². The van der Waals surface area contributed by atoms with Crippen LogP contribution in [-0.4, -0.2) is 30.4 Å². The van der Waals surface area contributed by atoms with Crippen LogP contribution in [0.15, 0.2) is 17.0 Å². The van der Waals surface area contributed by atoms with E-state index in [0.717, 1.165) is 17.8 Å². The second kappa shape index (κ2) is 7.09. The maximum absolute atomic E-state index is 13.5. The number of benzene rings is 1. The number of methoxy groups -OCH3 is 2. The summed E-state index contributed by atoms with van der Waals surface area (Å²) < 4.78 is 22.8. The zero-order valence-electron chi connectivity index (χ0n) is 11.2. The molecular weight excluding hydrogens is 289 g/mol. The standard InChI is InChI=1S/C12H14FNO5S/c1-7(4-12(15)19-3)20-11-6-10(18-2)8(13)5-9(11)14(16)17/h5-7H,4H2,1-3H3. The molecule has 1 aromatic carbocycles. The van der Waals surface area contributed by atoms with E-state index in [1.165, 1.54) is 20.3 Å². The Bertz CT molecular complexity index is 523. The van der Waals surface area contributed by atoms with Gasteiger partial charge in [0, 0.05) is 11.3 Å². The fraction of sp³-hybridized carbons (Fsp3) is 0.417. The van der Waals surface area contributed by atoms with Crippen molar-refractivity contribution in [1.82, 2.24) is 0 Å². The average molecular weight is 303 g/mol. The van der Waals surface area contributed by atoms with Gasteiger partial charge in [-0.2, -0.15) is 0 Å². The molecule has 1 aromatic rings. The second-order valence-electron chi connectivity index (χ2n) is 3.92. The molecule has 0 N–H and O–H groups in total. The number of hydrogen-bond donors (Lipinski definition) is 0. The minimum atomic E-state index is -0.802. The molecule has 8 heteroatoms. The van der Waals surface area contributed by atoms with E-state index in [1.807, 2.05) is 0 Å². The SMILES string of the molecule is COC(=O)CC(C)Sc1cc(OC)c(F)cc1[N+](=O)[O-]. The number of nitro groups is 1. The van der Waals surface area contributed by atoms with Gasteiger partial charge in [-0.15, -0.1) is 11.8 Å². The largest absolute Gasteiger partial charge is 0.494 e. The van der Waals surface area contributed by atoms with E-state index in [-0.39, 0.29) is 28.0 Å². The van der Waals surface area contributed by atoms with Crippen molar-refractivity contribution in [2.75, 3.05) is 14.2 Å². The van der Waals surface area contributed by atoms with Crippen molar-refractivity contribution in [2.24, 2.45) is 0 Å². The summed E-state index contributed by atoms with van der Waals surface area (Å²) in [5.41, 5.74) is -0.356. The van der Waals surface area contributed by atoms with Crippen molar-refractivity contribution in [3.05, 3.63) is 28.1 Å². The lowest BCUT2D eigenvalue weighted by Crippen LogP contribution is -2.09. The molecule has 0 saturated carbocycles. The number of nitro benzene ring substituents is 1. The molecule has 110 valence electrons. The zero-order valence-corrected chi connectivity index (χ0v) is 12.0. The van der Waals surface area contributed by atoms with Crippen molar-refractivity contribution < 1.29 is 23.6 Å². The maximum atomic E-state index is 13.5. The summed E-state index contributed by atoms with van der Waals surface area (Å²) in [6.07, 6.45) is 0.0953. The van der Waals surface area contributed by atoms with Gasteiger partial charge in [0.15, 0.2) is 11.6 Å². The summed E-state index contributed by atoms with van der Waals surface area (Å²) in [4.78, 5) is 21.7. The molecule has 1 atom stereocenters. The van der Waals surface area contributed by atoms with E-state index in [4.69, 9.17) is 4.74 Å². The fourth-order valence-electron chi connectivity index (χ4n) is 1.49. The lowest BCUT2D eigenvalue weighted by molar-refractivity contribution is -0.387. The lowest BCUT2D eigenvalue weighted by Gasteiger charge is -2.11. The van der Waals surface area contributed by atoms with Crippen molar-refractivity contribution in [3.63, 3.8) is 0 Å². The Hall–Kier alpha value is -1.83. The minimum absolute atomic E-state index is 0.0802. The van der Waals surface area contributed by atoms with Crippen LogP contribution < -0.4 is 4.74 Å². The third-order valence-corrected chi connectivity index (χ3v) is 3.59. The Morgan fingerprint density at radius 2 is 2.15 bits per heavy atom. The van der Waals surface area contributed by atoms with Crippen LogP contribution in [0.1, 0.15) is 13.3 Å². The topological polar surface area (TPSA) is 78.7 Å². The summed E-state index contributed by atoms with van der Waals surface area (Å²) in [5.74, 6) is -1.30. The lowest BCUT2D eigenvalue weighted by atomic mass is 10.3. The van der Waals surface area contributed by atoms with Gasteiger partial charge in [-0.1, -0.05) is 6.92 Å². The molecule has 0 fully saturated rings. The molecular formula is C12H14FNO5S. The summed E-state index contributed by atoms with van der Waals surface area (Å²) in [6.45, 7) is 1.72. The van der Waals surface area contributed by atoms with E-state index in [2.05, 4.69) is 4.74 Å². The van der Waals surface area contributed by atoms with E-state index in [9.17, 15) is 19.3 Å². The first-order valence-electron chi connectivity index (χ1n) is 5.64. The smallest absolute Gasteiger partial charge is 0.306 e. The van der Waals surface area contributed by atoms with Gasteiger partial charge in [0.25, 0.3) is 5.69 Å². The summed E-state index contributed by atoms with van der Waals surface area (Å²) in [5, 5.41) is 10.7. The summed E-state index contributed by atoms with van der Waals surface area (Å²) in [7, 11) is 2.54. The summed E-state index contributed by atoms with van der Waals surface area (Å²) >= 11 is 1.09. The second-order valence-corrected chi connectivity index (χ2v) is 5.40. The van der Waals surface area contributed by atoms with Crippen LogP contribution >= 0.6 is 11.8 Å². The van der Waals surface area contributed by atoms with Gasteiger partial charge in [-0.25, -0.2) is 4.39 Å².